The first-order valence-electron chi connectivity index (χ1n) is 5.62. The van der Waals surface area contributed by atoms with Crippen molar-refractivity contribution in [3.05, 3.63) is 53.1 Å². The zero-order chi connectivity index (χ0) is 12.8. The van der Waals surface area contributed by atoms with Crippen LogP contribution in [0, 0.1) is 0 Å². The number of nitrogens with one attached hydrogen (secondary N) is 1. The van der Waals surface area contributed by atoms with Crippen LogP contribution < -0.4 is 5.32 Å². The Kier molecular flexibility index (Phi) is 4.99. The fourth-order valence-corrected chi connectivity index (χ4v) is 2.60. The molecule has 0 bridgehead atoms. The number of nitrogens with zero attached hydrogens (tertiary/aromatic N) is 2. The van der Waals surface area contributed by atoms with Crippen LogP contribution in [-0.4, -0.2) is 17.0 Å². The summed E-state index contributed by atoms with van der Waals surface area (Å²) >= 11 is 7.75. The van der Waals surface area contributed by atoms with Gasteiger partial charge in [-0.3, -0.25) is 0 Å². The fourth-order valence-electron chi connectivity index (χ4n) is 1.49. The molecule has 5 heteroatoms. The lowest BCUT2D eigenvalue weighted by Crippen LogP contribution is -2.08. The van der Waals surface area contributed by atoms with Crippen LogP contribution in [0.5, 0.6) is 0 Å². The third-order valence-corrected chi connectivity index (χ3v) is 3.83. The summed E-state index contributed by atoms with van der Waals surface area (Å²) in [5.74, 6) is 1.55. The molecule has 3 nitrogen and oxygen atoms in total. The molecule has 2 rings (SSSR count). The van der Waals surface area contributed by atoms with Crippen molar-refractivity contribution in [1.29, 1.82) is 0 Å². The highest BCUT2D eigenvalue weighted by atomic mass is 35.5. The number of halogens is 1. The van der Waals surface area contributed by atoms with Crippen molar-refractivity contribution in [1.82, 2.24) is 15.3 Å². The van der Waals surface area contributed by atoms with Crippen LogP contribution in [0.4, 0.5) is 0 Å². The van der Waals surface area contributed by atoms with E-state index in [0.717, 1.165) is 33.7 Å². The predicted molar refractivity (Wildman–Crippen MR) is 75.8 cm³/mol. The zero-order valence-electron chi connectivity index (χ0n) is 10.1. The van der Waals surface area contributed by atoms with Crippen LogP contribution in [0.1, 0.15) is 11.5 Å². The molecule has 1 aromatic heterocycles. The summed E-state index contributed by atoms with van der Waals surface area (Å²) in [7, 11) is 1.90. The van der Waals surface area contributed by atoms with E-state index in [9.17, 15) is 0 Å². The Morgan fingerprint density at radius 2 is 2.11 bits per heavy atom. The highest BCUT2D eigenvalue weighted by molar-refractivity contribution is 7.98. The molecule has 2 aromatic rings. The average molecular weight is 280 g/mol. The molecule has 0 aliphatic carbocycles. The van der Waals surface area contributed by atoms with Crippen LogP contribution in [0.3, 0.4) is 0 Å². The van der Waals surface area contributed by atoms with Crippen molar-refractivity contribution in [3.63, 3.8) is 0 Å². The smallest absolute Gasteiger partial charge is 0.138 e. The van der Waals surface area contributed by atoms with E-state index in [4.69, 9.17) is 11.6 Å². The highest BCUT2D eigenvalue weighted by Gasteiger charge is 2.03. The van der Waals surface area contributed by atoms with Crippen LogP contribution in [0.15, 0.2) is 41.4 Å². The van der Waals surface area contributed by atoms with Gasteiger partial charge in [0.1, 0.15) is 5.82 Å². The lowest BCUT2D eigenvalue weighted by molar-refractivity contribution is 0.777. The second-order valence-electron chi connectivity index (χ2n) is 3.71. The Hall–Kier alpha value is -1.10. The molecule has 0 spiro atoms. The zero-order valence-corrected chi connectivity index (χ0v) is 11.6. The molecule has 0 fully saturated rings. The third-order valence-electron chi connectivity index (χ3n) is 2.31. The van der Waals surface area contributed by atoms with E-state index in [1.807, 2.05) is 37.4 Å². The molecule has 1 heterocycles. The van der Waals surface area contributed by atoms with Gasteiger partial charge in [0.15, 0.2) is 0 Å². The molecule has 94 valence electrons. The van der Waals surface area contributed by atoms with Gasteiger partial charge in [-0.2, -0.15) is 0 Å². The largest absolute Gasteiger partial charge is 0.314 e. The van der Waals surface area contributed by atoms with Gasteiger partial charge >= 0.3 is 0 Å². The second-order valence-corrected chi connectivity index (χ2v) is 5.14. The van der Waals surface area contributed by atoms with E-state index >= 15 is 0 Å². The molecule has 1 aromatic carbocycles. The quantitative estimate of drug-likeness (QED) is 0.854. The van der Waals surface area contributed by atoms with Gasteiger partial charge < -0.3 is 5.32 Å². The molecular weight excluding hydrogens is 266 g/mol. The summed E-state index contributed by atoms with van der Waals surface area (Å²) in [6.45, 7) is 0.756. The Morgan fingerprint density at radius 1 is 1.28 bits per heavy atom. The summed E-state index contributed by atoms with van der Waals surface area (Å²) in [6.07, 6.45) is 1.79. The Bertz CT molecular complexity index is 519. The first-order chi connectivity index (χ1) is 8.79. The van der Waals surface area contributed by atoms with E-state index in [2.05, 4.69) is 15.3 Å². The average Bonchev–Trinajstić information content (AvgIpc) is 2.39. The summed E-state index contributed by atoms with van der Waals surface area (Å²) in [5.41, 5.74) is 1.00. The molecule has 0 atom stereocenters. The summed E-state index contributed by atoms with van der Waals surface area (Å²) in [4.78, 5) is 9.79. The molecule has 0 aliphatic heterocycles. The Balaban J connectivity index is 2.02. The second kappa shape index (κ2) is 6.73. The van der Waals surface area contributed by atoms with E-state index in [0.29, 0.717) is 0 Å². The first-order valence-corrected chi connectivity index (χ1v) is 6.98. The van der Waals surface area contributed by atoms with Crippen molar-refractivity contribution in [2.45, 2.75) is 17.2 Å². The molecule has 0 amide bonds. The minimum Gasteiger partial charge on any atom is -0.314 e. The van der Waals surface area contributed by atoms with E-state index in [1.165, 1.54) is 0 Å². The normalized spacial score (nSPS) is 10.6. The SMILES string of the molecule is CNCc1ccnc(CSc2ccccc2Cl)n1. The third kappa shape index (κ3) is 3.70. The number of aromatic nitrogens is 2. The maximum atomic E-state index is 6.10. The monoisotopic (exact) mass is 279 g/mol. The topological polar surface area (TPSA) is 37.8 Å². The predicted octanol–water partition coefficient (Wildman–Crippen LogP) is 3.14. The van der Waals surface area contributed by atoms with Crippen LogP contribution in [0.25, 0.3) is 0 Å². The minimum atomic E-state index is 0.723. The molecule has 0 saturated heterocycles. The molecule has 0 aliphatic rings. The molecule has 0 unspecified atom stereocenters. The van der Waals surface area contributed by atoms with Crippen LogP contribution in [0.2, 0.25) is 5.02 Å². The van der Waals surface area contributed by atoms with Gasteiger partial charge in [-0.15, -0.1) is 11.8 Å². The van der Waals surface area contributed by atoms with Gasteiger partial charge in [-0.25, -0.2) is 9.97 Å². The number of benzene rings is 1. The maximum Gasteiger partial charge on any atom is 0.138 e. The van der Waals surface area contributed by atoms with E-state index in [1.54, 1.807) is 18.0 Å². The van der Waals surface area contributed by atoms with Gasteiger partial charge in [-0.1, -0.05) is 23.7 Å². The molecule has 18 heavy (non-hydrogen) atoms. The number of hydrogen-bond acceptors (Lipinski definition) is 4. The summed E-state index contributed by atoms with van der Waals surface area (Å²) in [6, 6.07) is 9.72. The van der Waals surface area contributed by atoms with Gasteiger partial charge in [-0.05, 0) is 25.2 Å². The Morgan fingerprint density at radius 3 is 2.89 bits per heavy atom. The molecule has 0 radical (unpaired) electrons. The molecule has 1 N–H and O–H groups in total. The van der Waals surface area contributed by atoms with Gasteiger partial charge in [0.05, 0.1) is 16.5 Å². The Labute approximate surface area is 116 Å². The summed E-state index contributed by atoms with van der Waals surface area (Å²) < 4.78 is 0. The van der Waals surface area contributed by atoms with Gasteiger partial charge in [0.25, 0.3) is 0 Å². The minimum absolute atomic E-state index is 0.723. The van der Waals surface area contributed by atoms with Crippen molar-refractivity contribution in [2.24, 2.45) is 0 Å². The van der Waals surface area contributed by atoms with Crippen LogP contribution in [-0.2, 0) is 12.3 Å². The van der Waals surface area contributed by atoms with Gasteiger partial charge in [0, 0.05) is 17.6 Å². The van der Waals surface area contributed by atoms with Crippen molar-refractivity contribution < 1.29 is 0 Å². The number of thioether (sulfide) groups is 1. The standard InChI is InChI=1S/C13H14ClN3S/c1-15-8-10-6-7-16-13(17-10)9-18-12-5-3-2-4-11(12)14/h2-7,15H,8-9H2,1H3. The number of rotatable bonds is 5. The van der Waals surface area contributed by atoms with E-state index in [-0.39, 0.29) is 0 Å². The number of hydrogen-bond donors (Lipinski definition) is 1. The van der Waals surface area contributed by atoms with Gasteiger partial charge in [0.2, 0.25) is 0 Å². The first kappa shape index (κ1) is 13.3. The van der Waals surface area contributed by atoms with Crippen molar-refractivity contribution >= 4 is 23.4 Å². The van der Waals surface area contributed by atoms with E-state index < -0.39 is 0 Å². The van der Waals surface area contributed by atoms with Crippen LogP contribution >= 0.6 is 23.4 Å². The molecular formula is C13H14ClN3S. The summed E-state index contributed by atoms with van der Waals surface area (Å²) in [5, 5.41) is 3.85. The lowest BCUT2D eigenvalue weighted by Gasteiger charge is -2.04. The molecule has 0 saturated carbocycles. The lowest BCUT2D eigenvalue weighted by atomic mass is 10.4. The fraction of sp³-hybridized carbons (Fsp3) is 0.231. The maximum absolute atomic E-state index is 6.10. The highest BCUT2D eigenvalue weighted by Crippen LogP contribution is 2.28. The van der Waals surface area contributed by atoms with Crippen molar-refractivity contribution in [2.75, 3.05) is 7.05 Å². The van der Waals surface area contributed by atoms with Crippen molar-refractivity contribution in [3.8, 4) is 0 Å².